The molecular weight excluding hydrogens is 250 g/mol. The molecule has 0 bridgehead atoms. The minimum atomic E-state index is 0.158. The molecule has 20 heavy (non-hydrogen) atoms. The molecule has 1 aliphatic rings. The Morgan fingerprint density at radius 3 is 2.30 bits per heavy atom. The Hall–Kier alpha value is -2.10. The number of nitrogens with one attached hydrogen (secondary N) is 1. The molecule has 0 spiro atoms. The zero-order chi connectivity index (χ0) is 13.8. The van der Waals surface area contributed by atoms with Crippen LogP contribution in [0.1, 0.15) is 36.0 Å². The molecular formula is C16H19N3O. The van der Waals surface area contributed by atoms with E-state index in [4.69, 9.17) is 0 Å². The number of carbonyl (C=O) groups excluding carboxylic acids is 1. The van der Waals surface area contributed by atoms with Crippen LogP contribution in [0.15, 0.2) is 36.7 Å². The van der Waals surface area contributed by atoms with Crippen molar-refractivity contribution in [2.75, 3.05) is 13.1 Å². The largest absolute Gasteiger partial charge is 0.339 e. The normalized spacial score (nSPS) is 15.9. The van der Waals surface area contributed by atoms with Gasteiger partial charge in [-0.3, -0.25) is 9.89 Å². The first-order valence-corrected chi connectivity index (χ1v) is 7.23. The average molecular weight is 269 g/mol. The fourth-order valence-electron chi connectivity index (χ4n) is 2.67. The van der Waals surface area contributed by atoms with Gasteiger partial charge in [0.15, 0.2) is 0 Å². The van der Waals surface area contributed by atoms with Crippen LogP contribution >= 0.6 is 0 Å². The molecule has 0 saturated carbocycles. The molecule has 0 atom stereocenters. The van der Waals surface area contributed by atoms with Gasteiger partial charge in [0.2, 0.25) is 0 Å². The molecule has 0 aliphatic carbocycles. The number of hydrogen-bond donors (Lipinski definition) is 1. The maximum Gasteiger partial charge on any atom is 0.253 e. The van der Waals surface area contributed by atoms with E-state index in [1.54, 1.807) is 6.20 Å². The summed E-state index contributed by atoms with van der Waals surface area (Å²) in [6.07, 6.45) is 8.36. The van der Waals surface area contributed by atoms with Crippen LogP contribution in [0.5, 0.6) is 0 Å². The van der Waals surface area contributed by atoms with Crippen LogP contribution in [-0.4, -0.2) is 34.1 Å². The van der Waals surface area contributed by atoms with Crippen molar-refractivity contribution in [1.29, 1.82) is 0 Å². The van der Waals surface area contributed by atoms with Gasteiger partial charge in [-0.05, 0) is 30.5 Å². The molecule has 104 valence electrons. The summed E-state index contributed by atoms with van der Waals surface area (Å²) < 4.78 is 0. The van der Waals surface area contributed by atoms with Gasteiger partial charge in [-0.1, -0.05) is 25.0 Å². The quantitative estimate of drug-likeness (QED) is 0.910. The van der Waals surface area contributed by atoms with Crippen molar-refractivity contribution in [3.63, 3.8) is 0 Å². The molecule has 0 radical (unpaired) electrons. The molecule has 4 heteroatoms. The monoisotopic (exact) mass is 269 g/mol. The number of rotatable bonds is 2. The van der Waals surface area contributed by atoms with Crippen molar-refractivity contribution in [1.82, 2.24) is 15.1 Å². The molecule has 1 aromatic heterocycles. The number of amides is 1. The molecule has 0 unspecified atom stereocenters. The topological polar surface area (TPSA) is 49.0 Å². The van der Waals surface area contributed by atoms with E-state index >= 15 is 0 Å². The molecule has 1 saturated heterocycles. The van der Waals surface area contributed by atoms with Gasteiger partial charge in [0.05, 0.1) is 6.20 Å². The summed E-state index contributed by atoms with van der Waals surface area (Å²) in [6, 6.07) is 7.79. The van der Waals surface area contributed by atoms with Crippen LogP contribution in [0.25, 0.3) is 11.1 Å². The molecule has 1 fully saturated rings. The lowest BCUT2D eigenvalue weighted by molar-refractivity contribution is 0.0761. The molecule has 3 rings (SSSR count). The first-order chi connectivity index (χ1) is 9.84. The van der Waals surface area contributed by atoms with Crippen LogP contribution in [0, 0.1) is 0 Å². The first kappa shape index (κ1) is 12.9. The Kier molecular flexibility index (Phi) is 3.81. The number of benzene rings is 1. The predicted octanol–water partition coefficient (Wildman–Crippen LogP) is 3.09. The molecule has 4 nitrogen and oxygen atoms in total. The third-order valence-electron chi connectivity index (χ3n) is 3.86. The van der Waals surface area contributed by atoms with Gasteiger partial charge in [-0.15, -0.1) is 0 Å². The number of carbonyl (C=O) groups is 1. The highest BCUT2D eigenvalue weighted by Crippen LogP contribution is 2.19. The zero-order valence-corrected chi connectivity index (χ0v) is 11.5. The van der Waals surface area contributed by atoms with Gasteiger partial charge >= 0.3 is 0 Å². The Bertz CT molecular complexity index is 552. The first-order valence-electron chi connectivity index (χ1n) is 7.23. The van der Waals surface area contributed by atoms with E-state index in [1.165, 1.54) is 12.8 Å². The molecule has 1 amide bonds. The number of likely N-dealkylation sites (tertiary alicyclic amines) is 1. The van der Waals surface area contributed by atoms with E-state index in [0.717, 1.165) is 42.6 Å². The van der Waals surface area contributed by atoms with E-state index in [1.807, 2.05) is 35.4 Å². The van der Waals surface area contributed by atoms with Crippen LogP contribution in [0.3, 0.4) is 0 Å². The maximum atomic E-state index is 12.5. The number of nitrogens with zero attached hydrogens (tertiary/aromatic N) is 2. The standard InChI is InChI=1S/C16H19N3O/c20-16(19-9-3-1-2-4-10-19)14-7-5-13(6-8-14)15-11-17-18-12-15/h5-8,11-12H,1-4,9-10H2,(H,17,18). The summed E-state index contributed by atoms with van der Waals surface area (Å²) in [5, 5.41) is 6.74. The molecule has 1 N–H and O–H groups in total. The van der Waals surface area contributed by atoms with E-state index in [0.29, 0.717) is 0 Å². The van der Waals surface area contributed by atoms with E-state index < -0.39 is 0 Å². The highest BCUT2D eigenvalue weighted by molar-refractivity contribution is 5.94. The van der Waals surface area contributed by atoms with Gasteiger partial charge in [-0.25, -0.2) is 0 Å². The lowest BCUT2D eigenvalue weighted by Gasteiger charge is -2.20. The number of aromatic amines is 1. The number of aromatic nitrogens is 2. The summed E-state index contributed by atoms with van der Waals surface area (Å²) in [5.74, 6) is 0.158. The third-order valence-corrected chi connectivity index (χ3v) is 3.86. The lowest BCUT2D eigenvalue weighted by atomic mass is 10.1. The average Bonchev–Trinajstić information content (AvgIpc) is 2.89. The summed E-state index contributed by atoms with van der Waals surface area (Å²) in [4.78, 5) is 14.4. The minimum absolute atomic E-state index is 0.158. The maximum absolute atomic E-state index is 12.5. The lowest BCUT2D eigenvalue weighted by Crippen LogP contribution is -2.31. The summed E-state index contributed by atoms with van der Waals surface area (Å²) >= 11 is 0. The van der Waals surface area contributed by atoms with E-state index in [2.05, 4.69) is 10.2 Å². The Morgan fingerprint density at radius 2 is 1.70 bits per heavy atom. The summed E-state index contributed by atoms with van der Waals surface area (Å²) in [6.45, 7) is 1.78. The van der Waals surface area contributed by atoms with Crippen LogP contribution in [0.2, 0.25) is 0 Å². The van der Waals surface area contributed by atoms with Crippen LogP contribution in [0.4, 0.5) is 0 Å². The molecule has 1 aromatic carbocycles. The summed E-state index contributed by atoms with van der Waals surface area (Å²) in [5.41, 5.74) is 2.89. The highest BCUT2D eigenvalue weighted by Gasteiger charge is 2.17. The number of H-pyrrole nitrogens is 1. The van der Waals surface area contributed by atoms with Gasteiger partial charge in [0.25, 0.3) is 5.91 Å². The zero-order valence-electron chi connectivity index (χ0n) is 11.5. The Morgan fingerprint density at radius 1 is 1.00 bits per heavy atom. The SMILES string of the molecule is O=C(c1ccc(-c2cn[nH]c2)cc1)N1CCCCCC1. The van der Waals surface area contributed by atoms with Crippen LogP contribution < -0.4 is 0 Å². The second-order valence-corrected chi connectivity index (χ2v) is 5.27. The minimum Gasteiger partial charge on any atom is -0.339 e. The Balaban J connectivity index is 1.75. The van der Waals surface area contributed by atoms with Crippen molar-refractivity contribution in [2.24, 2.45) is 0 Å². The second-order valence-electron chi connectivity index (χ2n) is 5.27. The fourth-order valence-corrected chi connectivity index (χ4v) is 2.67. The Labute approximate surface area is 118 Å². The second kappa shape index (κ2) is 5.90. The van der Waals surface area contributed by atoms with Gasteiger partial charge in [0, 0.05) is 30.4 Å². The van der Waals surface area contributed by atoms with Crippen LogP contribution in [-0.2, 0) is 0 Å². The van der Waals surface area contributed by atoms with E-state index in [9.17, 15) is 4.79 Å². The van der Waals surface area contributed by atoms with Gasteiger partial charge < -0.3 is 4.90 Å². The third kappa shape index (κ3) is 2.74. The van der Waals surface area contributed by atoms with Gasteiger partial charge in [-0.2, -0.15) is 5.10 Å². The summed E-state index contributed by atoms with van der Waals surface area (Å²) in [7, 11) is 0. The van der Waals surface area contributed by atoms with Crippen molar-refractivity contribution in [2.45, 2.75) is 25.7 Å². The van der Waals surface area contributed by atoms with Crippen molar-refractivity contribution < 1.29 is 4.79 Å². The van der Waals surface area contributed by atoms with Crippen molar-refractivity contribution >= 4 is 5.91 Å². The molecule has 1 aliphatic heterocycles. The molecule has 2 aromatic rings. The predicted molar refractivity (Wildman–Crippen MR) is 78.4 cm³/mol. The fraction of sp³-hybridized carbons (Fsp3) is 0.375. The number of hydrogen-bond acceptors (Lipinski definition) is 2. The smallest absolute Gasteiger partial charge is 0.253 e. The van der Waals surface area contributed by atoms with Crippen molar-refractivity contribution in [3.05, 3.63) is 42.2 Å². The van der Waals surface area contributed by atoms with Crippen molar-refractivity contribution in [3.8, 4) is 11.1 Å². The molecule has 2 heterocycles. The van der Waals surface area contributed by atoms with Gasteiger partial charge in [0.1, 0.15) is 0 Å². The van der Waals surface area contributed by atoms with E-state index in [-0.39, 0.29) is 5.91 Å². The highest BCUT2D eigenvalue weighted by atomic mass is 16.2.